The molecule has 1 aromatic carbocycles. The van der Waals surface area contributed by atoms with Crippen molar-refractivity contribution in [2.24, 2.45) is 0 Å². The molecule has 184 valence electrons. The Balaban J connectivity index is 1.48. The molecule has 1 amide bonds. The molecule has 2 aliphatic rings. The number of ether oxygens (including phenoxy) is 3. The lowest BCUT2D eigenvalue weighted by atomic mass is 10.1. The summed E-state index contributed by atoms with van der Waals surface area (Å²) in [6.45, 7) is 5.54. The third-order valence-electron chi connectivity index (χ3n) is 5.64. The number of thiocarbonyl (C=S) groups is 1. The summed E-state index contributed by atoms with van der Waals surface area (Å²) in [6.07, 6.45) is 2.14. The van der Waals surface area contributed by atoms with Gasteiger partial charge in [-0.2, -0.15) is 10.2 Å². The van der Waals surface area contributed by atoms with Crippen LogP contribution in [0.2, 0.25) is 0 Å². The predicted octanol–water partition coefficient (Wildman–Crippen LogP) is 3.62. The van der Waals surface area contributed by atoms with E-state index in [1.165, 1.54) is 11.8 Å². The van der Waals surface area contributed by atoms with Crippen LogP contribution in [0.15, 0.2) is 27.5 Å². The van der Waals surface area contributed by atoms with Gasteiger partial charge < -0.3 is 23.5 Å². The quantitative estimate of drug-likeness (QED) is 0.402. The van der Waals surface area contributed by atoms with Crippen molar-refractivity contribution in [3.63, 3.8) is 0 Å². The van der Waals surface area contributed by atoms with Crippen LogP contribution in [0.4, 0.5) is 5.88 Å². The number of carbonyl (C=O) groups excluding carboxylic acids is 1. The van der Waals surface area contributed by atoms with Gasteiger partial charge in [0.05, 0.1) is 31.3 Å². The van der Waals surface area contributed by atoms with Crippen LogP contribution in [-0.4, -0.2) is 66.2 Å². The number of rotatable bonds is 7. The second-order valence-corrected chi connectivity index (χ2v) is 9.93. The van der Waals surface area contributed by atoms with E-state index in [0.717, 1.165) is 5.56 Å². The van der Waals surface area contributed by atoms with Crippen LogP contribution < -0.4 is 14.4 Å². The summed E-state index contributed by atoms with van der Waals surface area (Å²) in [5, 5.41) is 9.57. The number of anilines is 1. The van der Waals surface area contributed by atoms with Gasteiger partial charge in [0.2, 0.25) is 17.5 Å². The number of nitrogens with zero attached hydrogens (tertiary/aromatic N) is 4. The van der Waals surface area contributed by atoms with Gasteiger partial charge >= 0.3 is 0 Å². The summed E-state index contributed by atoms with van der Waals surface area (Å²) in [5.41, 5.74) is 1.17. The van der Waals surface area contributed by atoms with E-state index in [1.54, 1.807) is 25.2 Å². The average Bonchev–Trinajstić information content (AvgIpc) is 3.37. The second-order valence-electron chi connectivity index (χ2n) is 8.25. The minimum absolute atomic E-state index is 0.000708. The Bertz CT molecular complexity index is 1200. The van der Waals surface area contributed by atoms with E-state index in [-0.39, 0.29) is 29.7 Å². The summed E-state index contributed by atoms with van der Waals surface area (Å²) in [7, 11) is 3.17. The van der Waals surface area contributed by atoms with Gasteiger partial charge in [0, 0.05) is 25.7 Å². The fourth-order valence-electron chi connectivity index (χ4n) is 4.10. The van der Waals surface area contributed by atoms with E-state index >= 15 is 0 Å². The maximum atomic E-state index is 13.1. The zero-order valence-electron chi connectivity index (χ0n) is 19.9. The summed E-state index contributed by atoms with van der Waals surface area (Å²) in [6, 6.07) is 7.74. The highest BCUT2D eigenvalue weighted by Gasteiger charge is 2.33. The number of amides is 1. The molecule has 35 heavy (non-hydrogen) atoms. The van der Waals surface area contributed by atoms with Crippen LogP contribution in [0.1, 0.15) is 31.0 Å². The molecule has 2 fully saturated rings. The summed E-state index contributed by atoms with van der Waals surface area (Å²) in [5.74, 6) is 1.65. The molecule has 0 aliphatic carbocycles. The fraction of sp³-hybridized carbons (Fsp3) is 0.417. The van der Waals surface area contributed by atoms with Crippen LogP contribution in [0.5, 0.6) is 11.5 Å². The van der Waals surface area contributed by atoms with Crippen LogP contribution in [0.25, 0.3) is 6.08 Å². The number of morpholine rings is 1. The van der Waals surface area contributed by atoms with E-state index in [1.807, 2.05) is 36.9 Å². The molecule has 3 heterocycles. The third kappa shape index (κ3) is 5.45. The summed E-state index contributed by atoms with van der Waals surface area (Å²) < 4.78 is 22.8. The molecule has 0 radical (unpaired) electrons. The Morgan fingerprint density at radius 1 is 1.26 bits per heavy atom. The van der Waals surface area contributed by atoms with Crippen LogP contribution in [0, 0.1) is 11.3 Å². The van der Waals surface area contributed by atoms with Crippen molar-refractivity contribution in [3.8, 4) is 17.6 Å². The SMILES string of the molecule is COc1ccc(CCN2C(=O)/C(=C\c3nc(C#N)c(N4C[C@H](C)O[C@@H](C)C4)o3)SC2=S)cc1OC. The predicted molar refractivity (Wildman–Crippen MR) is 137 cm³/mol. The lowest BCUT2D eigenvalue weighted by Gasteiger charge is -2.34. The lowest BCUT2D eigenvalue weighted by molar-refractivity contribution is -0.122. The van der Waals surface area contributed by atoms with Gasteiger partial charge in [-0.05, 0) is 38.0 Å². The number of carbonyl (C=O) groups is 1. The Labute approximate surface area is 213 Å². The molecule has 0 N–H and O–H groups in total. The zero-order valence-corrected chi connectivity index (χ0v) is 21.6. The molecular formula is C24H26N4O5S2. The number of benzene rings is 1. The van der Waals surface area contributed by atoms with Crippen molar-refractivity contribution in [1.82, 2.24) is 9.88 Å². The van der Waals surface area contributed by atoms with E-state index in [4.69, 9.17) is 30.8 Å². The highest BCUT2D eigenvalue weighted by Crippen LogP contribution is 2.34. The highest BCUT2D eigenvalue weighted by molar-refractivity contribution is 8.26. The fourth-order valence-corrected chi connectivity index (χ4v) is 5.38. The normalized spacial score (nSPS) is 21.5. The van der Waals surface area contributed by atoms with Crippen molar-refractivity contribution >= 4 is 46.2 Å². The standard InChI is InChI=1S/C24H26N4O5S2/c1-14-12-27(13-15(2)32-14)23-17(11-25)26-21(33-23)10-20-22(29)28(24(34)35-20)8-7-16-5-6-18(30-3)19(9-16)31-4/h5-6,9-10,14-15H,7-8,12-13H2,1-4H3/b20-10+/t14-,15-/m0/s1. The molecule has 0 bridgehead atoms. The number of aromatic nitrogens is 1. The Morgan fingerprint density at radius 2 is 1.97 bits per heavy atom. The van der Waals surface area contributed by atoms with Gasteiger partial charge in [0.25, 0.3) is 5.91 Å². The monoisotopic (exact) mass is 514 g/mol. The van der Waals surface area contributed by atoms with E-state index in [2.05, 4.69) is 11.1 Å². The molecule has 0 spiro atoms. The Morgan fingerprint density at radius 3 is 2.63 bits per heavy atom. The molecule has 9 nitrogen and oxygen atoms in total. The van der Waals surface area contributed by atoms with Crippen molar-refractivity contribution < 1.29 is 23.4 Å². The van der Waals surface area contributed by atoms with Crippen molar-refractivity contribution in [3.05, 3.63) is 40.3 Å². The number of thioether (sulfide) groups is 1. The van der Waals surface area contributed by atoms with Gasteiger partial charge in [-0.3, -0.25) is 9.69 Å². The maximum Gasteiger partial charge on any atom is 0.266 e. The summed E-state index contributed by atoms with van der Waals surface area (Å²) >= 11 is 6.65. The van der Waals surface area contributed by atoms with Crippen molar-refractivity contribution in [2.75, 3.05) is 38.8 Å². The molecule has 0 unspecified atom stereocenters. The molecule has 2 saturated heterocycles. The highest BCUT2D eigenvalue weighted by atomic mass is 32.2. The van der Waals surface area contributed by atoms with Crippen molar-refractivity contribution in [1.29, 1.82) is 5.26 Å². The molecule has 1 aromatic heterocycles. The topological polar surface area (TPSA) is 101 Å². The first kappa shape index (κ1) is 25.0. The van der Waals surface area contributed by atoms with Crippen LogP contribution in [-0.2, 0) is 16.0 Å². The second kappa shape index (κ2) is 10.7. The van der Waals surface area contributed by atoms with Crippen LogP contribution >= 0.6 is 24.0 Å². The first-order valence-electron chi connectivity index (χ1n) is 11.1. The van der Waals surface area contributed by atoms with Gasteiger partial charge in [0.1, 0.15) is 10.4 Å². The molecule has 2 aromatic rings. The number of hydrogen-bond donors (Lipinski definition) is 0. The molecule has 0 saturated carbocycles. The minimum atomic E-state index is -0.215. The lowest BCUT2D eigenvalue weighted by Crippen LogP contribution is -2.45. The van der Waals surface area contributed by atoms with E-state index in [0.29, 0.717) is 52.7 Å². The van der Waals surface area contributed by atoms with Gasteiger partial charge in [-0.25, -0.2) is 0 Å². The molecule has 2 aliphatic heterocycles. The smallest absolute Gasteiger partial charge is 0.266 e. The number of nitriles is 1. The number of methoxy groups -OCH3 is 2. The molecule has 11 heteroatoms. The summed E-state index contributed by atoms with van der Waals surface area (Å²) in [4.78, 5) is 21.3. The first-order chi connectivity index (χ1) is 16.8. The minimum Gasteiger partial charge on any atom is -0.493 e. The van der Waals surface area contributed by atoms with Crippen molar-refractivity contribution in [2.45, 2.75) is 32.5 Å². The average molecular weight is 515 g/mol. The van der Waals surface area contributed by atoms with Gasteiger partial charge in [-0.1, -0.05) is 30.0 Å². The van der Waals surface area contributed by atoms with Gasteiger partial charge in [-0.15, -0.1) is 0 Å². The molecular weight excluding hydrogens is 488 g/mol. The molecule has 2 atom stereocenters. The van der Waals surface area contributed by atoms with Gasteiger partial charge in [0.15, 0.2) is 11.5 Å². The number of oxazole rings is 1. The maximum absolute atomic E-state index is 13.1. The molecule has 4 rings (SSSR count). The first-order valence-corrected chi connectivity index (χ1v) is 12.3. The Hall–Kier alpha value is -3.07. The number of hydrogen-bond acceptors (Lipinski definition) is 10. The Kier molecular flexibility index (Phi) is 7.64. The zero-order chi connectivity index (χ0) is 25.1. The largest absolute Gasteiger partial charge is 0.493 e. The third-order valence-corrected chi connectivity index (χ3v) is 7.02. The van der Waals surface area contributed by atoms with E-state index in [9.17, 15) is 10.1 Å². The van der Waals surface area contributed by atoms with E-state index < -0.39 is 0 Å². The van der Waals surface area contributed by atoms with Crippen LogP contribution in [0.3, 0.4) is 0 Å².